The molecule has 1 aromatic carbocycles. The summed E-state index contributed by atoms with van der Waals surface area (Å²) >= 11 is 0. The number of carbonyl (C=O) groups is 1. The van der Waals surface area contributed by atoms with Gasteiger partial charge in [0.25, 0.3) is 5.91 Å². The monoisotopic (exact) mass is 181 g/mol. The van der Waals surface area contributed by atoms with Gasteiger partial charge in [0.05, 0.1) is 0 Å². The molecule has 0 aromatic heterocycles. The number of nitrogens with two attached hydrogens (primary N) is 1. The van der Waals surface area contributed by atoms with Gasteiger partial charge >= 0.3 is 0 Å². The number of primary amides is 1. The first-order chi connectivity index (χ1) is 6.22. The van der Waals surface area contributed by atoms with Crippen LogP contribution >= 0.6 is 0 Å². The van der Waals surface area contributed by atoms with E-state index in [9.17, 15) is 4.79 Å². The van der Waals surface area contributed by atoms with Crippen molar-refractivity contribution in [3.05, 3.63) is 35.9 Å². The molecule has 0 radical (unpaired) electrons. The van der Waals surface area contributed by atoms with Gasteiger partial charge < -0.3 is 10.8 Å². The summed E-state index contributed by atoms with van der Waals surface area (Å²) in [5.74, 6) is -0.726. The Labute approximate surface area is 78.2 Å². The van der Waals surface area contributed by atoms with Crippen LogP contribution in [0, 0.1) is 0 Å². The maximum absolute atomic E-state index is 10.5. The third-order valence-electron chi connectivity index (χ3n) is 1.38. The predicted molar refractivity (Wildman–Crippen MR) is 51.9 cm³/mol. The van der Waals surface area contributed by atoms with E-state index in [1.54, 1.807) is 30.3 Å². The van der Waals surface area contributed by atoms with Gasteiger partial charge in [0.15, 0.2) is 6.10 Å². The Morgan fingerprint density at radius 3 is 2.15 bits per heavy atom. The van der Waals surface area contributed by atoms with Crippen molar-refractivity contribution < 1.29 is 9.90 Å². The highest BCUT2D eigenvalue weighted by Crippen LogP contribution is 2.10. The van der Waals surface area contributed by atoms with E-state index in [-0.39, 0.29) is 0 Å². The highest BCUT2D eigenvalue weighted by molar-refractivity contribution is 5.79. The van der Waals surface area contributed by atoms with Gasteiger partial charge in [-0.2, -0.15) is 0 Å². The fraction of sp³-hybridized carbons (Fsp3) is 0.300. The third-order valence-corrected chi connectivity index (χ3v) is 1.38. The quantitative estimate of drug-likeness (QED) is 0.720. The Morgan fingerprint density at radius 1 is 1.31 bits per heavy atom. The molecule has 0 aliphatic rings. The minimum Gasteiger partial charge on any atom is -0.378 e. The van der Waals surface area contributed by atoms with Gasteiger partial charge in [-0.3, -0.25) is 4.79 Å². The van der Waals surface area contributed by atoms with E-state index in [1.807, 2.05) is 13.8 Å². The third kappa shape index (κ3) is 3.71. The van der Waals surface area contributed by atoms with Crippen molar-refractivity contribution in [3.8, 4) is 0 Å². The minimum absolute atomic E-state index is 0.528. The van der Waals surface area contributed by atoms with Crippen molar-refractivity contribution in [2.45, 2.75) is 20.0 Å². The molecule has 1 rings (SSSR count). The summed E-state index contributed by atoms with van der Waals surface area (Å²) in [5, 5.41) is 9.12. The van der Waals surface area contributed by atoms with Crippen LogP contribution in [0.1, 0.15) is 25.5 Å². The molecule has 1 unspecified atom stereocenters. The Balaban J connectivity index is 0.000000671. The smallest absolute Gasteiger partial charge is 0.250 e. The summed E-state index contributed by atoms with van der Waals surface area (Å²) in [4.78, 5) is 10.5. The van der Waals surface area contributed by atoms with Crippen LogP contribution in [-0.4, -0.2) is 11.0 Å². The van der Waals surface area contributed by atoms with Gasteiger partial charge in [0, 0.05) is 0 Å². The van der Waals surface area contributed by atoms with Gasteiger partial charge in [-0.05, 0) is 5.56 Å². The normalized spacial score (nSPS) is 11.0. The number of hydrogen-bond donors (Lipinski definition) is 2. The van der Waals surface area contributed by atoms with Crippen LogP contribution in [0.5, 0.6) is 0 Å². The zero-order valence-electron chi connectivity index (χ0n) is 7.90. The molecule has 3 N–H and O–H groups in total. The highest BCUT2D eigenvalue weighted by atomic mass is 16.3. The van der Waals surface area contributed by atoms with E-state index in [0.29, 0.717) is 5.56 Å². The van der Waals surface area contributed by atoms with E-state index >= 15 is 0 Å². The Bertz CT molecular complexity index is 246. The second kappa shape index (κ2) is 6.20. The molecule has 1 aromatic rings. The van der Waals surface area contributed by atoms with Crippen molar-refractivity contribution in [2.24, 2.45) is 5.73 Å². The van der Waals surface area contributed by atoms with Crippen molar-refractivity contribution in [2.75, 3.05) is 0 Å². The SMILES string of the molecule is CC.NC(=O)C(O)c1ccccc1. The fourth-order valence-corrected chi connectivity index (χ4v) is 0.800. The van der Waals surface area contributed by atoms with E-state index < -0.39 is 12.0 Å². The lowest BCUT2D eigenvalue weighted by Crippen LogP contribution is -2.20. The van der Waals surface area contributed by atoms with Crippen molar-refractivity contribution in [1.82, 2.24) is 0 Å². The summed E-state index contributed by atoms with van der Waals surface area (Å²) in [7, 11) is 0. The maximum atomic E-state index is 10.5. The largest absolute Gasteiger partial charge is 0.378 e. The Kier molecular flexibility index (Phi) is 5.55. The van der Waals surface area contributed by atoms with Gasteiger partial charge in [-0.25, -0.2) is 0 Å². The summed E-state index contributed by atoms with van der Waals surface area (Å²) in [6.07, 6.45) is -1.18. The number of amides is 1. The lowest BCUT2D eigenvalue weighted by atomic mass is 10.1. The lowest BCUT2D eigenvalue weighted by molar-refractivity contribution is -0.126. The molecule has 0 fully saturated rings. The van der Waals surface area contributed by atoms with Gasteiger partial charge in [0.1, 0.15) is 0 Å². The standard InChI is InChI=1S/C8H9NO2.C2H6/c9-8(11)7(10)6-4-2-1-3-5-6;1-2/h1-5,7,10H,(H2,9,11);1-2H3. The van der Waals surface area contributed by atoms with Crippen LogP contribution < -0.4 is 5.73 Å². The van der Waals surface area contributed by atoms with E-state index in [1.165, 1.54) is 0 Å². The summed E-state index contributed by atoms with van der Waals surface area (Å²) in [6, 6.07) is 8.57. The van der Waals surface area contributed by atoms with Gasteiger partial charge in [0.2, 0.25) is 0 Å². The molecule has 3 heteroatoms. The molecule has 0 heterocycles. The number of aliphatic hydroxyl groups is 1. The number of benzene rings is 1. The molecule has 3 nitrogen and oxygen atoms in total. The Hall–Kier alpha value is -1.35. The molecule has 0 spiro atoms. The van der Waals surface area contributed by atoms with Gasteiger partial charge in [-0.1, -0.05) is 44.2 Å². The van der Waals surface area contributed by atoms with Crippen LogP contribution in [0.25, 0.3) is 0 Å². The predicted octanol–water partition coefficient (Wildman–Crippen LogP) is 1.23. The van der Waals surface area contributed by atoms with Crippen LogP contribution in [0.3, 0.4) is 0 Å². The molecule has 1 atom stereocenters. The number of hydrogen-bond acceptors (Lipinski definition) is 2. The zero-order valence-corrected chi connectivity index (χ0v) is 7.90. The molecular weight excluding hydrogens is 166 g/mol. The van der Waals surface area contributed by atoms with Crippen molar-refractivity contribution >= 4 is 5.91 Å². The maximum Gasteiger partial charge on any atom is 0.250 e. The minimum atomic E-state index is -1.18. The van der Waals surface area contributed by atoms with Crippen molar-refractivity contribution in [3.63, 3.8) is 0 Å². The first-order valence-corrected chi connectivity index (χ1v) is 4.24. The first kappa shape index (κ1) is 11.6. The van der Waals surface area contributed by atoms with E-state index in [2.05, 4.69) is 0 Å². The van der Waals surface area contributed by atoms with Crippen molar-refractivity contribution in [1.29, 1.82) is 0 Å². The number of aliphatic hydroxyl groups excluding tert-OH is 1. The molecule has 0 bridgehead atoms. The molecule has 72 valence electrons. The van der Waals surface area contributed by atoms with Crippen LogP contribution in [0.4, 0.5) is 0 Å². The molecule has 0 saturated carbocycles. The van der Waals surface area contributed by atoms with E-state index in [0.717, 1.165) is 0 Å². The lowest BCUT2D eigenvalue weighted by Gasteiger charge is -2.04. The summed E-state index contributed by atoms with van der Waals surface area (Å²) in [6.45, 7) is 4.00. The first-order valence-electron chi connectivity index (χ1n) is 4.24. The molecule has 0 saturated heterocycles. The molecule has 1 amide bonds. The second-order valence-corrected chi connectivity index (χ2v) is 2.22. The zero-order chi connectivity index (χ0) is 10.3. The molecular formula is C10H15NO2. The topological polar surface area (TPSA) is 63.3 Å². The fourth-order valence-electron chi connectivity index (χ4n) is 0.800. The molecule has 0 aliphatic heterocycles. The van der Waals surface area contributed by atoms with E-state index in [4.69, 9.17) is 10.8 Å². The Morgan fingerprint density at radius 2 is 1.77 bits per heavy atom. The highest BCUT2D eigenvalue weighted by Gasteiger charge is 2.11. The van der Waals surface area contributed by atoms with Crippen LogP contribution in [-0.2, 0) is 4.79 Å². The second-order valence-electron chi connectivity index (χ2n) is 2.22. The molecule has 13 heavy (non-hydrogen) atoms. The van der Waals surface area contributed by atoms with Crippen LogP contribution in [0.2, 0.25) is 0 Å². The molecule has 0 aliphatic carbocycles. The number of carbonyl (C=O) groups excluding carboxylic acids is 1. The average molecular weight is 181 g/mol. The number of rotatable bonds is 2. The van der Waals surface area contributed by atoms with Crippen LogP contribution in [0.15, 0.2) is 30.3 Å². The summed E-state index contributed by atoms with van der Waals surface area (Å²) in [5.41, 5.74) is 5.41. The average Bonchev–Trinajstić information content (AvgIpc) is 2.21. The van der Waals surface area contributed by atoms with Gasteiger partial charge in [-0.15, -0.1) is 0 Å². The summed E-state index contributed by atoms with van der Waals surface area (Å²) < 4.78 is 0.